The third kappa shape index (κ3) is 2.46. The predicted octanol–water partition coefficient (Wildman–Crippen LogP) is 2.59. The molecule has 2 rings (SSSR count). The van der Waals surface area contributed by atoms with Gasteiger partial charge in [-0.2, -0.15) is 0 Å². The molecular weight excluding hydrogens is 298 g/mol. The summed E-state index contributed by atoms with van der Waals surface area (Å²) in [6.07, 6.45) is 1.19. The Morgan fingerprint density at radius 2 is 2.06 bits per heavy atom. The number of hydrogen-bond acceptors (Lipinski definition) is 3. The zero-order valence-electron chi connectivity index (χ0n) is 9.57. The van der Waals surface area contributed by atoms with Crippen LogP contribution in [0.5, 0.6) is 5.75 Å². The number of fused-ring (bicyclic) bond motifs is 1. The lowest BCUT2D eigenvalue weighted by molar-refractivity contribution is 0.0983. The first-order valence-corrected chi connectivity index (χ1v) is 6.70. The first kappa shape index (κ1) is 12.8. The second-order valence-electron chi connectivity index (χ2n) is 3.96. The van der Waals surface area contributed by atoms with Gasteiger partial charge in [0.05, 0.1) is 5.52 Å². The van der Waals surface area contributed by atoms with Gasteiger partial charge in [-0.05, 0) is 24.6 Å². The van der Waals surface area contributed by atoms with Gasteiger partial charge in [0.1, 0.15) is 5.75 Å². The molecule has 0 radical (unpaired) electrons. The molecular formula is C13H12BrNO3. The first-order chi connectivity index (χ1) is 8.63. The van der Waals surface area contributed by atoms with E-state index in [1.54, 1.807) is 12.1 Å². The number of H-pyrrole nitrogens is 1. The summed E-state index contributed by atoms with van der Waals surface area (Å²) in [5.41, 5.74) is 0.537. The number of phenols is 1. The van der Waals surface area contributed by atoms with Gasteiger partial charge in [0.25, 0.3) is 0 Å². The number of pyridine rings is 1. The summed E-state index contributed by atoms with van der Waals surface area (Å²) in [6, 6.07) is 5.94. The number of ketones is 1. The molecule has 0 spiro atoms. The van der Waals surface area contributed by atoms with Crippen LogP contribution in [0.2, 0.25) is 0 Å². The molecule has 0 saturated carbocycles. The van der Waals surface area contributed by atoms with Gasteiger partial charge in [-0.3, -0.25) is 9.59 Å². The topological polar surface area (TPSA) is 70.2 Å². The van der Waals surface area contributed by atoms with Crippen molar-refractivity contribution in [3.63, 3.8) is 0 Å². The van der Waals surface area contributed by atoms with Crippen molar-refractivity contribution >= 4 is 32.6 Å². The fourth-order valence-electron chi connectivity index (χ4n) is 1.84. The van der Waals surface area contributed by atoms with Crippen molar-refractivity contribution in [3.8, 4) is 5.75 Å². The second-order valence-corrected chi connectivity index (χ2v) is 4.75. The van der Waals surface area contributed by atoms with Gasteiger partial charge in [0, 0.05) is 28.8 Å². The lowest BCUT2D eigenvalue weighted by Gasteiger charge is -2.06. The average Bonchev–Trinajstić information content (AvgIpc) is 2.37. The number of aromatic amines is 1. The molecule has 0 aliphatic carbocycles. The molecule has 0 bridgehead atoms. The van der Waals surface area contributed by atoms with E-state index in [9.17, 15) is 14.7 Å². The normalized spacial score (nSPS) is 10.7. The molecule has 18 heavy (non-hydrogen) atoms. The van der Waals surface area contributed by atoms with Crippen molar-refractivity contribution < 1.29 is 9.90 Å². The lowest BCUT2D eigenvalue weighted by Crippen LogP contribution is -2.06. The van der Waals surface area contributed by atoms with E-state index in [4.69, 9.17) is 0 Å². The van der Waals surface area contributed by atoms with Crippen molar-refractivity contribution in [1.29, 1.82) is 0 Å². The molecule has 0 unspecified atom stereocenters. The maximum absolute atomic E-state index is 12.0. The fourth-order valence-corrected chi connectivity index (χ4v) is 2.12. The molecule has 5 heteroatoms. The highest BCUT2D eigenvalue weighted by Gasteiger charge is 2.12. The van der Waals surface area contributed by atoms with E-state index in [0.29, 0.717) is 22.9 Å². The number of Topliss-reactive ketones (excluding diaryl/α,β-unsaturated/α-hetero) is 1. The number of rotatable bonds is 4. The van der Waals surface area contributed by atoms with Gasteiger partial charge in [0.2, 0.25) is 5.56 Å². The quantitative estimate of drug-likeness (QED) is 0.673. The van der Waals surface area contributed by atoms with Crippen LogP contribution in [-0.4, -0.2) is 21.2 Å². The summed E-state index contributed by atoms with van der Waals surface area (Å²) in [4.78, 5) is 25.8. The molecule has 0 saturated heterocycles. The fraction of sp³-hybridized carbons (Fsp3) is 0.231. The summed E-state index contributed by atoms with van der Waals surface area (Å²) in [5, 5.41) is 11.0. The number of carbonyl (C=O) groups excluding carboxylic acids is 1. The van der Waals surface area contributed by atoms with Gasteiger partial charge in [0.15, 0.2) is 5.78 Å². The lowest BCUT2D eigenvalue weighted by atomic mass is 10.0. The van der Waals surface area contributed by atoms with Crippen LogP contribution in [0.3, 0.4) is 0 Å². The monoisotopic (exact) mass is 309 g/mol. The van der Waals surface area contributed by atoms with Crippen molar-refractivity contribution in [2.75, 3.05) is 5.33 Å². The first-order valence-electron chi connectivity index (χ1n) is 5.57. The zero-order chi connectivity index (χ0) is 13.1. The molecule has 4 nitrogen and oxygen atoms in total. The number of alkyl halides is 1. The van der Waals surface area contributed by atoms with Crippen LogP contribution in [-0.2, 0) is 0 Å². The van der Waals surface area contributed by atoms with Gasteiger partial charge in [-0.25, -0.2) is 0 Å². The van der Waals surface area contributed by atoms with Crippen LogP contribution < -0.4 is 5.56 Å². The standard InChI is InChI=1S/C13H12BrNO3/c14-7-1-2-10(16)8-3-5-11(17)13-9(8)4-6-12(18)15-13/h3-6,17H,1-2,7H2,(H,15,18). The van der Waals surface area contributed by atoms with Crippen molar-refractivity contribution in [3.05, 3.63) is 40.2 Å². The van der Waals surface area contributed by atoms with Crippen LogP contribution in [0.25, 0.3) is 10.9 Å². The van der Waals surface area contributed by atoms with Crippen LogP contribution in [0.4, 0.5) is 0 Å². The molecule has 94 valence electrons. The number of carbonyl (C=O) groups is 1. The minimum Gasteiger partial charge on any atom is -0.506 e. The Morgan fingerprint density at radius 3 is 2.78 bits per heavy atom. The largest absolute Gasteiger partial charge is 0.506 e. The third-order valence-electron chi connectivity index (χ3n) is 2.71. The Kier molecular flexibility index (Phi) is 3.81. The summed E-state index contributed by atoms with van der Waals surface area (Å²) in [5.74, 6) is -0.0220. The molecule has 1 aromatic carbocycles. The SMILES string of the molecule is O=C(CCCBr)c1ccc(O)c2[nH]c(=O)ccc12. The highest BCUT2D eigenvalue weighted by Crippen LogP contribution is 2.25. The van der Waals surface area contributed by atoms with E-state index in [1.807, 2.05) is 0 Å². The zero-order valence-corrected chi connectivity index (χ0v) is 11.2. The number of benzene rings is 1. The summed E-state index contributed by atoms with van der Waals surface area (Å²) >= 11 is 3.28. The molecule has 1 heterocycles. The second kappa shape index (κ2) is 5.35. The summed E-state index contributed by atoms with van der Waals surface area (Å²) < 4.78 is 0. The Morgan fingerprint density at radius 1 is 1.28 bits per heavy atom. The van der Waals surface area contributed by atoms with Crippen LogP contribution in [0.15, 0.2) is 29.1 Å². The van der Waals surface area contributed by atoms with E-state index in [1.165, 1.54) is 12.1 Å². The number of hydrogen-bond donors (Lipinski definition) is 2. The molecule has 0 fully saturated rings. The van der Waals surface area contributed by atoms with Crippen LogP contribution in [0.1, 0.15) is 23.2 Å². The maximum atomic E-state index is 12.0. The minimum absolute atomic E-state index is 0.00602. The van der Waals surface area contributed by atoms with Gasteiger partial charge in [-0.15, -0.1) is 0 Å². The molecule has 0 atom stereocenters. The van der Waals surface area contributed by atoms with E-state index < -0.39 is 0 Å². The minimum atomic E-state index is -0.303. The van der Waals surface area contributed by atoms with Gasteiger partial charge < -0.3 is 10.1 Å². The Bertz CT molecular complexity index is 648. The molecule has 2 N–H and O–H groups in total. The smallest absolute Gasteiger partial charge is 0.248 e. The molecule has 0 amide bonds. The Labute approximate surface area is 112 Å². The summed E-state index contributed by atoms with van der Waals surface area (Å²) in [7, 11) is 0. The number of halogens is 1. The molecule has 2 aromatic rings. The van der Waals surface area contributed by atoms with E-state index in [2.05, 4.69) is 20.9 Å². The van der Waals surface area contributed by atoms with Crippen molar-refractivity contribution in [1.82, 2.24) is 4.98 Å². The molecule has 1 aromatic heterocycles. The van der Waals surface area contributed by atoms with Crippen LogP contribution in [0, 0.1) is 0 Å². The highest BCUT2D eigenvalue weighted by atomic mass is 79.9. The van der Waals surface area contributed by atoms with Gasteiger partial charge in [-0.1, -0.05) is 15.9 Å². The van der Waals surface area contributed by atoms with Gasteiger partial charge >= 0.3 is 0 Å². The average molecular weight is 310 g/mol. The molecule has 0 aliphatic rings. The van der Waals surface area contributed by atoms with E-state index >= 15 is 0 Å². The predicted molar refractivity (Wildman–Crippen MR) is 73.6 cm³/mol. The number of phenolic OH excluding ortho intramolecular Hbond substituents is 1. The van der Waals surface area contributed by atoms with Crippen molar-refractivity contribution in [2.24, 2.45) is 0 Å². The number of aromatic nitrogens is 1. The highest BCUT2D eigenvalue weighted by molar-refractivity contribution is 9.09. The molecule has 0 aliphatic heterocycles. The van der Waals surface area contributed by atoms with Crippen LogP contribution >= 0.6 is 15.9 Å². The third-order valence-corrected chi connectivity index (χ3v) is 3.27. The number of aromatic hydroxyl groups is 1. The Hall–Kier alpha value is -1.62. The van der Waals surface area contributed by atoms with Crippen molar-refractivity contribution in [2.45, 2.75) is 12.8 Å². The maximum Gasteiger partial charge on any atom is 0.248 e. The van der Waals surface area contributed by atoms with E-state index in [-0.39, 0.29) is 17.1 Å². The number of nitrogens with one attached hydrogen (secondary N) is 1. The summed E-state index contributed by atoms with van der Waals surface area (Å²) in [6.45, 7) is 0. The van der Waals surface area contributed by atoms with E-state index in [0.717, 1.165) is 11.8 Å². The Balaban J connectivity index is 2.55.